The van der Waals surface area contributed by atoms with Gasteiger partial charge < -0.3 is 14.4 Å². The Hall–Kier alpha value is -1.39. The van der Waals surface area contributed by atoms with Gasteiger partial charge in [-0.2, -0.15) is 0 Å². The quantitative estimate of drug-likeness (QED) is 0.830. The summed E-state index contributed by atoms with van der Waals surface area (Å²) in [6.45, 7) is 3.09. The molecule has 1 aromatic rings. The van der Waals surface area contributed by atoms with Gasteiger partial charge in [0.15, 0.2) is 6.29 Å². The van der Waals surface area contributed by atoms with Gasteiger partial charge in [-0.1, -0.05) is 24.3 Å². The molecule has 1 aromatic carbocycles. The highest BCUT2D eigenvalue weighted by Gasteiger charge is 2.61. The van der Waals surface area contributed by atoms with E-state index in [1.54, 1.807) is 0 Å². The van der Waals surface area contributed by atoms with Crippen molar-refractivity contribution < 1.29 is 14.3 Å². The molecule has 2 saturated heterocycles. The second-order valence-electron chi connectivity index (χ2n) is 8.22. The molecule has 4 heteroatoms. The van der Waals surface area contributed by atoms with Crippen LogP contribution < -0.4 is 0 Å². The van der Waals surface area contributed by atoms with E-state index in [1.807, 2.05) is 0 Å². The van der Waals surface area contributed by atoms with Crippen LogP contribution in [0.4, 0.5) is 0 Å². The van der Waals surface area contributed by atoms with Gasteiger partial charge in [-0.15, -0.1) is 0 Å². The highest BCUT2D eigenvalue weighted by atomic mass is 16.7. The van der Waals surface area contributed by atoms with E-state index < -0.39 is 0 Å². The first-order chi connectivity index (χ1) is 12.3. The van der Waals surface area contributed by atoms with E-state index in [2.05, 4.69) is 29.2 Å². The van der Waals surface area contributed by atoms with Crippen LogP contribution in [0.15, 0.2) is 24.3 Å². The van der Waals surface area contributed by atoms with Crippen LogP contribution >= 0.6 is 0 Å². The highest BCUT2D eigenvalue weighted by molar-refractivity contribution is 5.85. The number of hydrogen-bond acceptors (Lipinski definition) is 3. The zero-order valence-corrected chi connectivity index (χ0v) is 14.8. The maximum atomic E-state index is 13.2. The van der Waals surface area contributed by atoms with Gasteiger partial charge in [0.2, 0.25) is 5.91 Å². The summed E-state index contributed by atoms with van der Waals surface area (Å²) in [6.07, 6.45) is 6.67. The number of ether oxygens (including phenoxy) is 2. The number of hydrogen-bond donors (Lipinski definition) is 0. The van der Waals surface area contributed by atoms with E-state index in [9.17, 15) is 4.79 Å². The third kappa shape index (κ3) is 2.61. The number of aryl methyl sites for hydroxylation is 1. The van der Waals surface area contributed by atoms with E-state index in [-0.39, 0.29) is 17.6 Å². The fourth-order valence-corrected chi connectivity index (χ4v) is 5.46. The van der Waals surface area contributed by atoms with E-state index >= 15 is 0 Å². The normalized spacial score (nSPS) is 35.0. The molecule has 134 valence electrons. The van der Waals surface area contributed by atoms with Gasteiger partial charge in [-0.25, -0.2) is 0 Å². The predicted octanol–water partition coefficient (Wildman–Crippen LogP) is 2.89. The van der Waals surface area contributed by atoms with Gasteiger partial charge in [-0.3, -0.25) is 4.79 Å². The second kappa shape index (κ2) is 6.10. The Morgan fingerprint density at radius 3 is 2.88 bits per heavy atom. The van der Waals surface area contributed by atoms with Crippen molar-refractivity contribution in [2.75, 3.05) is 26.3 Å². The Bertz CT molecular complexity index is 669. The molecule has 0 unspecified atom stereocenters. The van der Waals surface area contributed by atoms with Gasteiger partial charge in [0.1, 0.15) is 0 Å². The van der Waals surface area contributed by atoms with E-state index in [4.69, 9.17) is 9.47 Å². The molecule has 0 bridgehead atoms. The Labute approximate surface area is 149 Å². The summed E-state index contributed by atoms with van der Waals surface area (Å²) in [4.78, 5) is 15.4. The van der Waals surface area contributed by atoms with Gasteiger partial charge >= 0.3 is 0 Å². The first kappa shape index (κ1) is 15.8. The molecule has 4 nitrogen and oxygen atoms in total. The Morgan fingerprint density at radius 2 is 2.00 bits per heavy atom. The summed E-state index contributed by atoms with van der Waals surface area (Å²) in [5.41, 5.74) is 3.06. The third-order valence-electron chi connectivity index (χ3n) is 6.80. The van der Waals surface area contributed by atoms with E-state index in [1.165, 1.54) is 30.4 Å². The van der Waals surface area contributed by atoms with Gasteiger partial charge in [0.05, 0.1) is 13.2 Å². The standard InChI is InChI=1S/C21H27NO3/c23-19(22-10-4-7-16(14-22)20-24-11-12-25-20)18-13-21(18)9-3-6-15-5-1-2-8-17(15)21/h1-2,5,8,16,18,20H,3-4,6-7,9-14H2/t16-,18-,21+/m0/s1. The number of benzene rings is 1. The number of carbonyl (C=O) groups excluding carboxylic acids is 1. The second-order valence-corrected chi connectivity index (χ2v) is 8.22. The fourth-order valence-electron chi connectivity index (χ4n) is 5.46. The van der Waals surface area contributed by atoms with Crippen LogP contribution in [-0.2, 0) is 26.1 Å². The lowest BCUT2D eigenvalue weighted by atomic mass is 9.78. The van der Waals surface area contributed by atoms with E-state index in [0.29, 0.717) is 25.0 Å². The highest BCUT2D eigenvalue weighted by Crippen LogP contribution is 2.61. The van der Waals surface area contributed by atoms with E-state index in [0.717, 1.165) is 32.4 Å². The number of rotatable bonds is 2. The van der Waals surface area contributed by atoms with Crippen LogP contribution in [-0.4, -0.2) is 43.4 Å². The Balaban J connectivity index is 1.31. The summed E-state index contributed by atoms with van der Waals surface area (Å²) in [5.74, 6) is 0.908. The van der Waals surface area contributed by atoms with Crippen molar-refractivity contribution in [2.24, 2.45) is 11.8 Å². The minimum atomic E-state index is -0.0980. The molecule has 2 aliphatic heterocycles. The molecule has 4 aliphatic rings. The molecule has 25 heavy (non-hydrogen) atoms. The minimum absolute atomic E-state index is 0.0980. The van der Waals surface area contributed by atoms with Crippen LogP contribution in [0.25, 0.3) is 0 Å². The molecule has 2 aliphatic carbocycles. The smallest absolute Gasteiger partial charge is 0.226 e. The Morgan fingerprint density at radius 1 is 1.16 bits per heavy atom. The lowest BCUT2D eigenvalue weighted by Gasteiger charge is -2.36. The first-order valence-corrected chi connectivity index (χ1v) is 9.88. The zero-order valence-electron chi connectivity index (χ0n) is 14.8. The molecule has 3 fully saturated rings. The van der Waals surface area contributed by atoms with Crippen molar-refractivity contribution >= 4 is 5.91 Å². The zero-order chi connectivity index (χ0) is 16.9. The van der Waals surface area contributed by atoms with Crippen LogP contribution in [0.5, 0.6) is 0 Å². The minimum Gasteiger partial charge on any atom is -0.350 e. The molecule has 0 radical (unpaired) electrons. The van der Waals surface area contributed by atoms with Crippen LogP contribution in [0.1, 0.15) is 43.2 Å². The average Bonchev–Trinajstić information content (AvgIpc) is 3.11. The average molecular weight is 341 g/mol. The molecule has 1 spiro atoms. The lowest BCUT2D eigenvalue weighted by molar-refractivity contribution is -0.141. The maximum Gasteiger partial charge on any atom is 0.226 e. The third-order valence-corrected chi connectivity index (χ3v) is 6.80. The molecule has 1 amide bonds. The molecular formula is C21H27NO3. The number of nitrogens with zero attached hydrogens (tertiary/aromatic N) is 1. The van der Waals surface area contributed by atoms with Crippen molar-refractivity contribution in [1.29, 1.82) is 0 Å². The van der Waals surface area contributed by atoms with Crippen LogP contribution in [0, 0.1) is 11.8 Å². The van der Waals surface area contributed by atoms with Gasteiger partial charge in [-0.05, 0) is 49.7 Å². The topological polar surface area (TPSA) is 38.8 Å². The number of likely N-dealkylation sites (tertiary alicyclic amines) is 1. The van der Waals surface area contributed by atoms with Crippen molar-refractivity contribution in [1.82, 2.24) is 4.90 Å². The summed E-state index contributed by atoms with van der Waals surface area (Å²) in [7, 11) is 0. The predicted molar refractivity (Wildman–Crippen MR) is 94.2 cm³/mol. The Kier molecular flexibility index (Phi) is 3.86. The number of amides is 1. The molecule has 2 heterocycles. The van der Waals surface area contributed by atoms with Gasteiger partial charge in [0, 0.05) is 30.3 Å². The number of carbonyl (C=O) groups is 1. The van der Waals surface area contributed by atoms with Crippen molar-refractivity contribution in [3.63, 3.8) is 0 Å². The number of fused-ring (bicyclic) bond motifs is 2. The molecule has 0 N–H and O–H groups in total. The summed E-state index contributed by atoms with van der Waals surface area (Å²) in [6, 6.07) is 8.79. The molecule has 0 aromatic heterocycles. The molecule has 1 saturated carbocycles. The van der Waals surface area contributed by atoms with Crippen molar-refractivity contribution in [3.8, 4) is 0 Å². The molecule has 3 atom stereocenters. The van der Waals surface area contributed by atoms with Gasteiger partial charge in [0.25, 0.3) is 0 Å². The summed E-state index contributed by atoms with van der Waals surface area (Å²) in [5, 5.41) is 0. The van der Waals surface area contributed by atoms with Crippen molar-refractivity contribution in [2.45, 2.75) is 50.2 Å². The first-order valence-electron chi connectivity index (χ1n) is 9.88. The van der Waals surface area contributed by atoms with Crippen molar-refractivity contribution in [3.05, 3.63) is 35.4 Å². The summed E-state index contributed by atoms with van der Waals surface area (Å²) < 4.78 is 11.4. The largest absolute Gasteiger partial charge is 0.350 e. The fraction of sp³-hybridized carbons (Fsp3) is 0.667. The van der Waals surface area contributed by atoms with Crippen LogP contribution in [0.3, 0.4) is 0 Å². The molecular weight excluding hydrogens is 314 g/mol. The lowest BCUT2D eigenvalue weighted by Crippen LogP contribution is -2.45. The number of piperidine rings is 1. The molecule has 5 rings (SSSR count). The summed E-state index contributed by atoms with van der Waals surface area (Å²) >= 11 is 0. The van der Waals surface area contributed by atoms with Crippen LogP contribution in [0.2, 0.25) is 0 Å². The monoisotopic (exact) mass is 341 g/mol. The SMILES string of the molecule is O=C([C@@H]1C[C@@]12CCCc1ccccc12)N1CCC[C@H](C2OCCO2)C1. The maximum absolute atomic E-state index is 13.2.